The molecule has 0 saturated carbocycles. The quantitative estimate of drug-likeness (QED) is 0.853. The first-order valence-electron chi connectivity index (χ1n) is 5.82. The van der Waals surface area contributed by atoms with Gasteiger partial charge in [0.1, 0.15) is 0 Å². The van der Waals surface area contributed by atoms with Crippen molar-refractivity contribution in [1.82, 2.24) is 4.57 Å². The molecule has 0 aromatic carbocycles. The molecule has 5 heteroatoms. The summed E-state index contributed by atoms with van der Waals surface area (Å²) >= 11 is 0. The summed E-state index contributed by atoms with van der Waals surface area (Å²) in [7, 11) is 0. The van der Waals surface area contributed by atoms with Crippen molar-refractivity contribution in [2.24, 2.45) is 0 Å². The second-order valence-electron chi connectivity index (χ2n) is 4.61. The predicted molar refractivity (Wildman–Crippen MR) is 57.7 cm³/mol. The summed E-state index contributed by atoms with van der Waals surface area (Å²) in [5.41, 5.74) is 2.50. The van der Waals surface area contributed by atoms with Crippen LogP contribution in [0.5, 0.6) is 0 Å². The van der Waals surface area contributed by atoms with Crippen LogP contribution in [0.3, 0.4) is 0 Å². The summed E-state index contributed by atoms with van der Waals surface area (Å²) in [6.07, 6.45) is -3.15. The number of nitrogens with zero attached hydrogens (tertiary/aromatic N) is 1. The lowest BCUT2D eigenvalue weighted by molar-refractivity contribution is -0.136. The first-order valence-corrected chi connectivity index (χ1v) is 5.82. The molecule has 17 heavy (non-hydrogen) atoms. The van der Waals surface area contributed by atoms with Gasteiger partial charge in [0.25, 0.3) is 0 Å². The van der Waals surface area contributed by atoms with Crippen LogP contribution in [-0.4, -0.2) is 15.8 Å². The molecule has 2 rings (SSSR count). The Kier molecular flexibility index (Phi) is 3.21. The van der Waals surface area contributed by atoms with E-state index in [1.807, 2.05) is 6.07 Å². The number of aromatic nitrogens is 1. The van der Waals surface area contributed by atoms with Crippen molar-refractivity contribution in [3.63, 3.8) is 0 Å². The molecule has 0 bridgehead atoms. The van der Waals surface area contributed by atoms with E-state index in [0.717, 1.165) is 29.8 Å². The van der Waals surface area contributed by atoms with Gasteiger partial charge in [0, 0.05) is 23.5 Å². The summed E-state index contributed by atoms with van der Waals surface area (Å²) in [5, 5.41) is 9.79. The van der Waals surface area contributed by atoms with Crippen LogP contribution >= 0.6 is 0 Å². The fourth-order valence-corrected chi connectivity index (χ4v) is 2.49. The smallest absolute Gasteiger partial charge is 0.388 e. The molecular formula is C12H16F3NO. The summed E-state index contributed by atoms with van der Waals surface area (Å²) < 4.78 is 38.4. The monoisotopic (exact) mass is 247 g/mol. The lowest BCUT2D eigenvalue weighted by Gasteiger charge is -2.20. The van der Waals surface area contributed by atoms with E-state index in [9.17, 15) is 18.3 Å². The van der Waals surface area contributed by atoms with Crippen molar-refractivity contribution in [1.29, 1.82) is 0 Å². The van der Waals surface area contributed by atoms with Crippen molar-refractivity contribution in [3.8, 4) is 0 Å². The standard InChI is InChI=1S/C12H16F3NO/c1-8-7-9-10(3-2-4-11(9)17)16(8)6-5-12(13,14)15/h7,11,17H,2-6H2,1H3. The SMILES string of the molecule is Cc1cc2c(n1CCC(F)(F)F)CCCC2O. The van der Waals surface area contributed by atoms with Gasteiger partial charge in [0.2, 0.25) is 0 Å². The van der Waals surface area contributed by atoms with Gasteiger partial charge in [-0.05, 0) is 32.3 Å². The minimum atomic E-state index is -4.13. The second kappa shape index (κ2) is 4.37. The number of rotatable bonds is 2. The number of hydrogen-bond acceptors (Lipinski definition) is 1. The number of alkyl halides is 3. The fraction of sp³-hybridized carbons (Fsp3) is 0.667. The van der Waals surface area contributed by atoms with Crippen LogP contribution in [0, 0.1) is 6.92 Å². The van der Waals surface area contributed by atoms with Crippen molar-refractivity contribution < 1.29 is 18.3 Å². The highest BCUT2D eigenvalue weighted by Gasteiger charge is 2.29. The Morgan fingerprint density at radius 1 is 1.47 bits per heavy atom. The van der Waals surface area contributed by atoms with Gasteiger partial charge in [0.05, 0.1) is 12.5 Å². The average Bonchev–Trinajstić information content (AvgIpc) is 2.52. The first kappa shape index (κ1) is 12.5. The van der Waals surface area contributed by atoms with E-state index in [2.05, 4.69) is 0 Å². The zero-order valence-electron chi connectivity index (χ0n) is 9.72. The van der Waals surface area contributed by atoms with Gasteiger partial charge in [0.15, 0.2) is 0 Å². The van der Waals surface area contributed by atoms with Crippen molar-refractivity contribution in [3.05, 3.63) is 23.0 Å². The van der Waals surface area contributed by atoms with Crippen LogP contribution in [0.2, 0.25) is 0 Å². The third kappa shape index (κ3) is 2.65. The topological polar surface area (TPSA) is 25.2 Å². The lowest BCUT2D eigenvalue weighted by atomic mass is 9.95. The maximum Gasteiger partial charge on any atom is 0.390 e. The Morgan fingerprint density at radius 2 is 2.18 bits per heavy atom. The Hall–Kier alpha value is -0.970. The zero-order valence-corrected chi connectivity index (χ0v) is 9.72. The molecule has 1 atom stereocenters. The van der Waals surface area contributed by atoms with Gasteiger partial charge in [-0.2, -0.15) is 13.2 Å². The number of hydrogen-bond donors (Lipinski definition) is 1. The number of aryl methyl sites for hydroxylation is 1. The average molecular weight is 247 g/mol. The molecule has 1 aliphatic carbocycles. The fourth-order valence-electron chi connectivity index (χ4n) is 2.49. The maximum atomic E-state index is 12.2. The number of aliphatic hydroxyl groups excluding tert-OH is 1. The number of halogens is 3. The van der Waals surface area contributed by atoms with Crippen molar-refractivity contribution >= 4 is 0 Å². The van der Waals surface area contributed by atoms with Crippen LogP contribution in [0.4, 0.5) is 13.2 Å². The molecule has 1 unspecified atom stereocenters. The molecule has 1 N–H and O–H groups in total. The van der Waals surface area contributed by atoms with E-state index < -0.39 is 18.7 Å². The van der Waals surface area contributed by atoms with Gasteiger partial charge in [-0.1, -0.05) is 0 Å². The van der Waals surface area contributed by atoms with Crippen LogP contribution < -0.4 is 0 Å². The number of fused-ring (bicyclic) bond motifs is 1. The van der Waals surface area contributed by atoms with E-state index in [1.54, 1.807) is 11.5 Å². The molecule has 1 aromatic heterocycles. The molecule has 0 saturated heterocycles. The van der Waals surface area contributed by atoms with Crippen LogP contribution in [0.25, 0.3) is 0 Å². The predicted octanol–water partition coefficient (Wildman–Crippen LogP) is 3.12. The molecule has 0 radical (unpaired) electrons. The minimum absolute atomic E-state index is 0.0443. The molecule has 1 aromatic rings. The van der Waals surface area contributed by atoms with Gasteiger partial charge in [-0.15, -0.1) is 0 Å². The van der Waals surface area contributed by atoms with Gasteiger partial charge in [-0.25, -0.2) is 0 Å². The normalized spacial score (nSPS) is 20.4. The van der Waals surface area contributed by atoms with Crippen LogP contribution in [-0.2, 0) is 13.0 Å². The second-order valence-corrected chi connectivity index (χ2v) is 4.61. The molecular weight excluding hydrogens is 231 g/mol. The summed E-state index contributed by atoms with van der Waals surface area (Å²) in [4.78, 5) is 0. The van der Waals surface area contributed by atoms with Gasteiger partial charge in [-0.3, -0.25) is 0 Å². The molecule has 1 heterocycles. The summed E-state index contributed by atoms with van der Waals surface area (Å²) in [5.74, 6) is 0. The summed E-state index contributed by atoms with van der Waals surface area (Å²) in [6.45, 7) is 1.75. The molecule has 0 fully saturated rings. The van der Waals surface area contributed by atoms with Crippen molar-refractivity contribution in [2.45, 2.75) is 51.4 Å². The lowest BCUT2D eigenvalue weighted by Crippen LogP contribution is -2.17. The zero-order chi connectivity index (χ0) is 12.6. The summed E-state index contributed by atoms with van der Waals surface area (Å²) in [6, 6.07) is 1.82. The minimum Gasteiger partial charge on any atom is -0.388 e. The number of aliphatic hydroxyl groups is 1. The van der Waals surface area contributed by atoms with E-state index >= 15 is 0 Å². The Bertz CT molecular complexity index is 409. The third-order valence-corrected chi connectivity index (χ3v) is 3.32. The Balaban J connectivity index is 2.23. The first-order chi connectivity index (χ1) is 7.88. The molecule has 0 aliphatic heterocycles. The largest absolute Gasteiger partial charge is 0.390 e. The highest BCUT2D eigenvalue weighted by molar-refractivity contribution is 5.31. The van der Waals surface area contributed by atoms with E-state index in [4.69, 9.17) is 0 Å². The third-order valence-electron chi connectivity index (χ3n) is 3.32. The van der Waals surface area contributed by atoms with Crippen molar-refractivity contribution in [2.75, 3.05) is 0 Å². The molecule has 1 aliphatic rings. The Labute approximate surface area is 98.1 Å². The van der Waals surface area contributed by atoms with E-state index in [1.165, 1.54) is 0 Å². The maximum absolute atomic E-state index is 12.2. The Morgan fingerprint density at radius 3 is 2.82 bits per heavy atom. The highest BCUT2D eigenvalue weighted by Crippen LogP contribution is 2.33. The van der Waals surface area contributed by atoms with E-state index in [0.29, 0.717) is 6.42 Å². The molecule has 0 amide bonds. The molecule has 96 valence electrons. The van der Waals surface area contributed by atoms with Crippen LogP contribution in [0.1, 0.15) is 42.3 Å². The van der Waals surface area contributed by atoms with Gasteiger partial charge < -0.3 is 9.67 Å². The van der Waals surface area contributed by atoms with Crippen LogP contribution in [0.15, 0.2) is 6.07 Å². The van der Waals surface area contributed by atoms with Gasteiger partial charge >= 0.3 is 6.18 Å². The van der Waals surface area contributed by atoms with E-state index in [-0.39, 0.29) is 6.54 Å². The molecule has 2 nitrogen and oxygen atoms in total. The molecule has 0 spiro atoms. The highest BCUT2D eigenvalue weighted by atomic mass is 19.4.